The van der Waals surface area contributed by atoms with Crippen molar-refractivity contribution < 1.29 is 0 Å². The zero-order valence-corrected chi connectivity index (χ0v) is 11.7. The Labute approximate surface area is 123 Å². The van der Waals surface area contributed by atoms with Gasteiger partial charge >= 0.3 is 0 Å². The fraction of sp³-hybridized carbons (Fsp3) is 0.250. The van der Waals surface area contributed by atoms with E-state index in [-0.39, 0.29) is 0 Å². The fourth-order valence-electron chi connectivity index (χ4n) is 3.00. The van der Waals surface area contributed by atoms with E-state index in [2.05, 4.69) is 61.2 Å². The van der Waals surface area contributed by atoms with Gasteiger partial charge in [0.2, 0.25) is 0 Å². The fourth-order valence-corrected chi connectivity index (χ4v) is 3.00. The standard InChI is InChI=1S/C16H17N5/c1-2-4-13(5-3-1)15-11-20-9-8-17-16(20)12-21(15)10-14-6-7-18-19-14/h1-9,15H,10-12H2,(H,18,19)/t15-/m1/s1. The number of benzene rings is 1. The lowest BCUT2D eigenvalue weighted by atomic mass is 10.0. The summed E-state index contributed by atoms with van der Waals surface area (Å²) in [7, 11) is 0. The highest BCUT2D eigenvalue weighted by molar-refractivity contribution is 5.21. The number of fused-ring (bicyclic) bond motifs is 1. The van der Waals surface area contributed by atoms with Crippen molar-refractivity contribution in [2.75, 3.05) is 0 Å². The number of imidazole rings is 1. The number of aromatic amines is 1. The minimum Gasteiger partial charge on any atom is -0.332 e. The molecule has 0 unspecified atom stereocenters. The molecular formula is C16H17N5. The molecule has 0 saturated carbocycles. The summed E-state index contributed by atoms with van der Waals surface area (Å²) in [4.78, 5) is 6.91. The molecule has 0 spiro atoms. The lowest BCUT2D eigenvalue weighted by Gasteiger charge is -2.36. The second-order valence-electron chi connectivity index (χ2n) is 5.41. The van der Waals surface area contributed by atoms with E-state index in [0.717, 1.165) is 31.2 Å². The first kappa shape index (κ1) is 12.3. The van der Waals surface area contributed by atoms with Crippen LogP contribution in [0.2, 0.25) is 0 Å². The number of nitrogens with zero attached hydrogens (tertiary/aromatic N) is 4. The van der Waals surface area contributed by atoms with Crippen LogP contribution in [0, 0.1) is 0 Å². The number of hydrogen-bond donors (Lipinski definition) is 1. The van der Waals surface area contributed by atoms with Gasteiger partial charge in [-0.15, -0.1) is 0 Å². The van der Waals surface area contributed by atoms with E-state index < -0.39 is 0 Å². The molecule has 106 valence electrons. The van der Waals surface area contributed by atoms with Gasteiger partial charge < -0.3 is 4.57 Å². The third kappa shape index (κ3) is 2.36. The average Bonchev–Trinajstić information content (AvgIpc) is 3.18. The molecule has 0 aliphatic carbocycles. The Hall–Kier alpha value is -2.40. The Morgan fingerprint density at radius 1 is 1.14 bits per heavy atom. The van der Waals surface area contributed by atoms with Gasteiger partial charge in [0.25, 0.3) is 0 Å². The van der Waals surface area contributed by atoms with Gasteiger partial charge in [-0.05, 0) is 11.6 Å². The molecule has 4 rings (SSSR count). The first-order chi connectivity index (χ1) is 10.4. The normalized spacial score (nSPS) is 18.6. The lowest BCUT2D eigenvalue weighted by Crippen LogP contribution is -2.36. The maximum Gasteiger partial charge on any atom is 0.122 e. The molecule has 0 saturated heterocycles. The van der Waals surface area contributed by atoms with Gasteiger partial charge in [0.15, 0.2) is 0 Å². The van der Waals surface area contributed by atoms with Crippen molar-refractivity contribution in [3.05, 3.63) is 72.1 Å². The van der Waals surface area contributed by atoms with E-state index in [0.29, 0.717) is 6.04 Å². The third-order valence-corrected chi connectivity index (χ3v) is 4.07. The van der Waals surface area contributed by atoms with Crippen LogP contribution < -0.4 is 0 Å². The number of H-pyrrole nitrogens is 1. The molecule has 5 heteroatoms. The molecule has 3 heterocycles. The van der Waals surface area contributed by atoms with Crippen LogP contribution in [0.5, 0.6) is 0 Å². The number of hydrogen-bond acceptors (Lipinski definition) is 3. The van der Waals surface area contributed by atoms with Gasteiger partial charge in [-0.3, -0.25) is 10.00 Å². The van der Waals surface area contributed by atoms with Gasteiger partial charge in [-0.1, -0.05) is 30.3 Å². The Morgan fingerprint density at radius 3 is 2.86 bits per heavy atom. The van der Waals surface area contributed by atoms with Crippen LogP contribution in [0.3, 0.4) is 0 Å². The zero-order valence-electron chi connectivity index (χ0n) is 11.7. The minimum absolute atomic E-state index is 0.358. The van der Waals surface area contributed by atoms with Crippen LogP contribution >= 0.6 is 0 Å². The van der Waals surface area contributed by atoms with Crippen LogP contribution in [0.1, 0.15) is 23.1 Å². The highest BCUT2D eigenvalue weighted by Gasteiger charge is 2.28. The minimum atomic E-state index is 0.358. The summed E-state index contributed by atoms with van der Waals surface area (Å²) in [5.74, 6) is 1.13. The van der Waals surface area contributed by atoms with E-state index in [4.69, 9.17) is 0 Å². The van der Waals surface area contributed by atoms with Crippen molar-refractivity contribution >= 4 is 0 Å². The summed E-state index contributed by atoms with van der Waals surface area (Å²) in [6.07, 6.45) is 5.76. The number of nitrogens with one attached hydrogen (secondary N) is 1. The first-order valence-corrected chi connectivity index (χ1v) is 7.17. The molecule has 21 heavy (non-hydrogen) atoms. The maximum absolute atomic E-state index is 4.46. The maximum atomic E-state index is 4.46. The summed E-state index contributed by atoms with van der Waals surface area (Å²) in [6, 6.07) is 13.1. The Morgan fingerprint density at radius 2 is 2.05 bits per heavy atom. The molecule has 1 aliphatic heterocycles. The topological polar surface area (TPSA) is 49.7 Å². The van der Waals surface area contributed by atoms with E-state index >= 15 is 0 Å². The van der Waals surface area contributed by atoms with Crippen molar-refractivity contribution in [3.63, 3.8) is 0 Å². The molecule has 0 radical (unpaired) electrons. The molecule has 5 nitrogen and oxygen atoms in total. The van der Waals surface area contributed by atoms with Gasteiger partial charge in [0.05, 0.1) is 12.6 Å². The summed E-state index contributed by atoms with van der Waals surface area (Å²) in [5.41, 5.74) is 2.48. The molecule has 1 aliphatic rings. The predicted molar refractivity (Wildman–Crippen MR) is 79.2 cm³/mol. The van der Waals surface area contributed by atoms with E-state index in [9.17, 15) is 0 Å². The van der Waals surface area contributed by atoms with Gasteiger partial charge in [0, 0.05) is 37.4 Å². The molecule has 1 atom stereocenters. The van der Waals surface area contributed by atoms with Gasteiger partial charge in [-0.25, -0.2) is 4.98 Å². The largest absolute Gasteiger partial charge is 0.332 e. The second-order valence-corrected chi connectivity index (χ2v) is 5.41. The van der Waals surface area contributed by atoms with Crippen molar-refractivity contribution in [3.8, 4) is 0 Å². The lowest BCUT2D eigenvalue weighted by molar-refractivity contribution is 0.126. The number of aromatic nitrogens is 4. The molecule has 1 aromatic carbocycles. The third-order valence-electron chi connectivity index (χ3n) is 4.07. The van der Waals surface area contributed by atoms with Crippen molar-refractivity contribution in [1.82, 2.24) is 24.6 Å². The summed E-state index contributed by atoms with van der Waals surface area (Å²) in [6.45, 7) is 2.64. The van der Waals surface area contributed by atoms with E-state index in [1.807, 2.05) is 12.3 Å². The van der Waals surface area contributed by atoms with E-state index in [1.165, 1.54) is 5.56 Å². The second kappa shape index (κ2) is 5.18. The van der Waals surface area contributed by atoms with Gasteiger partial charge in [-0.2, -0.15) is 5.10 Å². The first-order valence-electron chi connectivity index (χ1n) is 7.17. The average molecular weight is 279 g/mol. The van der Waals surface area contributed by atoms with Crippen LogP contribution in [0.4, 0.5) is 0 Å². The molecule has 2 aromatic heterocycles. The van der Waals surface area contributed by atoms with Crippen LogP contribution in [-0.4, -0.2) is 24.6 Å². The molecule has 0 fully saturated rings. The summed E-state index contributed by atoms with van der Waals surface area (Å²) >= 11 is 0. The monoisotopic (exact) mass is 279 g/mol. The quantitative estimate of drug-likeness (QED) is 0.800. The summed E-state index contributed by atoms with van der Waals surface area (Å²) in [5, 5.41) is 7.10. The highest BCUT2D eigenvalue weighted by Crippen LogP contribution is 2.30. The summed E-state index contributed by atoms with van der Waals surface area (Å²) < 4.78 is 2.25. The molecular weight excluding hydrogens is 262 g/mol. The van der Waals surface area contributed by atoms with Crippen LogP contribution in [-0.2, 0) is 19.6 Å². The zero-order chi connectivity index (χ0) is 14.1. The Balaban J connectivity index is 1.67. The van der Waals surface area contributed by atoms with E-state index in [1.54, 1.807) is 6.20 Å². The number of rotatable bonds is 3. The van der Waals surface area contributed by atoms with Crippen LogP contribution in [0.25, 0.3) is 0 Å². The Bertz CT molecular complexity index is 701. The Kier molecular flexibility index (Phi) is 3.05. The SMILES string of the molecule is c1ccc([C@H]2Cn3ccnc3CN2Cc2ccn[nH]2)cc1. The highest BCUT2D eigenvalue weighted by atomic mass is 15.3. The molecule has 0 bridgehead atoms. The van der Waals surface area contributed by atoms with Crippen LogP contribution in [0.15, 0.2) is 55.0 Å². The smallest absolute Gasteiger partial charge is 0.122 e. The predicted octanol–water partition coefficient (Wildman–Crippen LogP) is 2.36. The van der Waals surface area contributed by atoms with Crippen molar-refractivity contribution in [1.29, 1.82) is 0 Å². The molecule has 1 N–H and O–H groups in total. The van der Waals surface area contributed by atoms with Crippen molar-refractivity contribution in [2.45, 2.75) is 25.7 Å². The molecule has 0 amide bonds. The van der Waals surface area contributed by atoms with Gasteiger partial charge in [0.1, 0.15) is 5.82 Å². The molecule has 3 aromatic rings. The van der Waals surface area contributed by atoms with Crippen molar-refractivity contribution in [2.24, 2.45) is 0 Å².